The van der Waals surface area contributed by atoms with Crippen molar-refractivity contribution in [3.8, 4) is 22.9 Å². The van der Waals surface area contributed by atoms with Gasteiger partial charge in [0, 0.05) is 11.3 Å². The van der Waals surface area contributed by atoms with Crippen molar-refractivity contribution in [1.29, 1.82) is 0 Å². The van der Waals surface area contributed by atoms with Crippen molar-refractivity contribution in [2.24, 2.45) is 0 Å². The second kappa shape index (κ2) is 5.61. The highest BCUT2D eigenvalue weighted by molar-refractivity contribution is 6.03. The number of phenolic OH excluding ortho intramolecular Hbond substituents is 2. The summed E-state index contributed by atoms with van der Waals surface area (Å²) in [6.45, 7) is 0. The normalized spacial score (nSPS) is 10.4. The molecule has 22 heavy (non-hydrogen) atoms. The Morgan fingerprint density at radius 2 is 1.82 bits per heavy atom. The molecule has 1 amide bonds. The fourth-order valence-corrected chi connectivity index (χ4v) is 1.98. The van der Waals surface area contributed by atoms with Crippen LogP contribution in [0.4, 0.5) is 5.69 Å². The number of hydrogen-bond acceptors (Lipinski definition) is 4. The monoisotopic (exact) mass is 295 g/mol. The minimum atomic E-state index is -0.343. The Morgan fingerprint density at radius 3 is 2.55 bits per heavy atom. The number of nitrogens with zero attached hydrogens (tertiary/aromatic N) is 1. The predicted octanol–water partition coefficient (Wildman–Crippen LogP) is 2.74. The van der Waals surface area contributed by atoms with Crippen LogP contribution in [0.3, 0.4) is 0 Å². The Kier molecular flexibility index (Phi) is 3.49. The van der Waals surface area contributed by atoms with Gasteiger partial charge in [-0.15, -0.1) is 0 Å². The first-order valence-electron chi connectivity index (χ1n) is 6.56. The van der Waals surface area contributed by atoms with Gasteiger partial charge in [-0.25, -0.2) is 4.98 Å². The number of rotatable bonds is 3. The van der Waals surface area contributed by atoms with Gasteiger partial charge in [0.05, 0.1) is 6.20 Å². The van der Waals surface area contributed by atoms with E-state index in [9.17, 15) is 15.0 Å². The molecule has 0 aliphatic carbocycles. The molecule has 6 nitrogen and oxygen atoms in total. The molecular formula is C16H13N3O3. The van der Waals surface area contributed by atoms with Crippen LogP contribution in [-0.2, 0) is 0 Å². The summed E-state index contributed by atoms with van der Waals surface area (Å²) in [6.07, 6.45) is 1.43. The molecule has 0 saturated heterocycles. The van der Waals surface area contributed by atoms with E-state index in [2.05, 4.69) is 15.3 Å². The number of phenols is 2. The molecule has 4 N–H and O–H groups in total. The molecule has 0 aliphatic rings. The van der Waals surface area contributed by atoms with Crippen LogP contribution in [-0.4, -0.2) is 26.1 Å². The van der Waals surface area contributed by atoms with Crippen molar-refractivity contribution in [3.63, 3.8) is 0 Å². The van der Waals surface area contributed by atoms with E-state index in [4.69, 9.17) is 0 Å². The number of carbonyl (C=O) groups excluding carboxylic acids is 1. The van der Waals surface area contributed by atoms with Crippen LogP contribution in [0.2, 0.25) is 0 Å². The minimum Gasteiger partial charge on any atom is -0.508 e. The molecule has 6 heteroatoms. The van der Waals surface area contributed by atoms with Crippen molar-refractivity contribution in [2.75, 3.05) is 5.32 Å². The van der Waals surface area contributed by atoms with Gasteiger partial charge in [-0.1, -0.05) is 12.1 Å². The summed E-state index contributed by atoms with van der Waals surface area (Å²) >= 11 is 0. The van der Waals surface area contributed by atoms with Crippen molar-refractivity contribution in [2.45, 2.75) is 0 Å². The Morgan fingerprint density at radius 1 is 1.05 bits per heavy atom. The van der Waals surface area contributed by atoms with E-state index < -0.39 is 0 Å². The van der Waals surface area contributed by atoms with Crippen molar-refractivity contribution >= 4 is 11.6 Å². The second-order valence-electron chi connectivity index (χ2n) is 4.70. The van der Waals surface area contributed by atoms with Gasteiger partial charge in [-0.05, 0) is 36.4 Å². The van der Waals surface area contributed by atoms with Crippen LogP contribution in [0, 0.1) is 0 Å². The molecule has 1 heterocycles. The lowest BCUT2D eigenvalue weighted by molar-refractivity contribution is 0.102. The fraction of sp³-hybridized carbons (Fsp3) is 0. The zero-order valence-corrected chi connectivity index (χ0v) is 11.4. The SMILES string of the molecule is O=C(Nc1ccc(O)cc1)c1cnc(-c2cccc(O)c2)[nH]1. The molecule has 0 aliphatic heterocycles. The third-order valence-electron chi connectivity index (χ3n) is 3.07. The first kappa shape index (κ1) is 13.7. The number of H-pyrrole nitrogens is 1. The van der Waals surface area contributed by atoms with Gasteiger partial charge in [0.1, 0.15) is 23.0 Å². The molecule has 3 rings (SSSR count). The quantitative estimate of drug-likeness (QED) is 0.558. The summed E-state index contributed by atoms with van der Waals surface area (Å²) in [5, 5.41) is 21.4. The van der Waals surface area contributed by atoms with Crippen molar-refractivity contribution in [1.82, 2.24) is 9.97 Å². The van der Waals surface area contributed by atoms with Gasteiger partial charge in [0.2, 0.25) is 0 Å². The maximum absolute atomic E-state index is 12.1. The standard InChI is InChI=1S/C16H13N3O3/c20-12-6-4-11(5-7-12)18-16(22)14-9-17-15(19-14)10-2-1-3-13(21)8-10/h1-9,20-21H,(H,17,19)(H,18,22). The number of nitrogens with one attached hydrogen (secondary N) is 2. The Bertz CT molecular complexity index is 810. The Hall–Kier alpha value is -3.28. The number of imidazole rings is 1. The van der Waals surface area contributed by atoms with Crippen LogP contribution >= 0.6 is 0 Å². The first-order valence-corrected chi connectivity index (χ1v) is 6.56. The molecule has 2 aromatic carbocycles. The van der Waals surface area contributed by atoms with Crippen LogP contribution in [0.15, 0.2) is 54.7 Å². The van der Waals surface area contributed by atoms with Gasteiger partial charge < -0.3 is 20.5 Å². The zero-order valence-electron chi connectivity index (χ0n) is 11.4. The van der Waals surface area contributed by atoms with Gasteiger partial charge in [0.25, 0.3) is 5.91 Å². The van der Waals surface area contributed by atoms with Crippen LogP contribution in [0.5, 0.6) is 11.5 Å². The Balaban J connectivity index is 1.78. The maximum atomic E-state index is 12.1. The summed E-state index contributed by atoms with van der Waals surface area (Å²) in [7, 11) is 0. The minimum absolute atomic E-state index is 0.129. The van der Waals surface area contributed by atoms with Gasteiger partial charge in [-0.3, -0.25) is 4.79 Å². The number of carbonyl (C=O) groups is 1. The highest BCUT2D eigenvalue weighted by Gasteiger charge is 2.11. The van der Waals surface area contributed by atoms with E-state index >= 15 is 0 Å². The number of aromatic nitrogens is 2. The summed E-state index contributed by atoms with van der Waals surface area (Å²) in [5.74, 6) is 0.408. The third-order valence-corrected chi connectivity index (χ3v) is 3.07. The number of anilines is 1. The summed E-state index contributed by atoms with van der Waals surface area (Å²) in [4.78, 5) is 19.2. The van der Waals surface area contributed by atoms with E-state index in [0.29, 0.717) is 22.8 Å². The van der Waals surface area contributed by atoms with Crippen molar-refractivity contribution < 1.29 is 15.0 Å². The average molecular weight is 295 g/mol. The molecular weight excluding hydrogens is 282 g/mol. The lowest BCUT2D eigenvalue weighted by Gasteiger charge is -2.03. The topological polar surface area (TPSA) is 98.2 Å². The first-order chi connectivity index (χ1) is 10.6. The fourth-order valence-electron chi connectivity index (χ4n) is 1.98. The summed E-state index contributed by atoms with van der Waals surface area (Å²) in [6, 6.07) is 12.8. The summed E-state index contributed by atoms with van der Waals surface area (Å²) in [5.41, 5.74) is 1.55. The highest BCUT2D eigenvalue weighted by Crippen LogP contribution is 2.21. The molecule has 0 saturated carbocycles. The van der Waals surface area contributed by atoms with Gasteiger partial charge in [-0.2, -0.15) is 0 Å². The van der Waals surface area contributed by atoms with E-state index in [1.54, 1.807) is 36.4 Å². The Labute approximate surface area is 126 Å². The van der Waals surface area contributed by atoms with Gasteiger partial charge in [0.15, 0.2) is 0 Å². The molecule has 0 bridgehead atoms. The van der Waals surface area contributed by atoms with E-state index in [1.807, 2.05) is 0 Å². The number of benzene rings is 2. The molecule has 0 fully saturated rings. The van der Waals surface area contributed by atoms with Crippen LogP contribution in [0.1, 0.15) is 10.5 Å². The molecule has 0 spiro atoms. The van der Waals surface area contributed by atoms with Gasteiger partial charge >= 0.3 is 0 Å². The maximum Gasteiger partial charge on any atom is 0.273 e. The summed E-state index contributed by atoms with van der Waals surface area (Å²) < 4.78 is 0. The molecule has 1 aromatic heterocycles. The number of hydrogen-bond donors (Lipinski definition) is 4. The number of aromatic hydroxyl groups is 2. The van der Waals surface area contributed by atoms with Crippen molar-refractivity contribution in [3.05, 3.63) is 60.4 Å². The molecule has 3 aromatic rings. The third kappa shape index (κ3) is 2.90. The molecule has 0 radical (unpaired) electrons. The average Bonchev–Trinajstić information content (AvgIpc) is 3.00. The van der Waals surface area contributed by atoms with E-state index in [0.717, 1.165) is 0 Å². The lowest BCUT2D eigenvalue weighted by atomic mass is 10.2. The van der Waals surface area contributed by atoms with Crippen LogP contribution < -0.4 is 5.32 Å². The second-order valence-corrected chi connectivity index (χ2v) is 4.70. The van der Waals surface area contributed by atoms with E-state index in [1.165, 1.54) is 18.3 Å². The lowest BCUT2D eigenvalue weighted by Crippen LogP contribution is -2.12. The molecule has 0 atom stereocenters. The zero-order chi connectivity index (χ0) is 15.5. The molecule has 110 valence electrons. The van der Waals surface area contributed by atoms with Crippen LogP contribution in [0.25, 0.3) is 11.4 Å². The number of aromatic amines is 1. The molecule has 0 unspecified atom stereocenters. The van der Waals surface area contributed by atoms with E-state index in [-0.39, 0.29) is 17.4 Å². The largest absolute Gasteiger partial charge is 0.508 e. The predicted molar refractivity (Wildman–Crippen MR) is 81.7 cm³/mol. The number of amides is 1. The smallest absolute Gasteiger partial charge is 0.273 e. The highest BCUT2D eigenvalue weighted by atomic mass is 16.3.